The molecule has 15 heavy (non-hydrogen) atoms. The minimum atomic E-state index is -0.342. The lowest BCUT2D eigenvalue weighted by Crippen LogP contribution is -2.24. The van der Waals surface area contributed by atoms with Gasteiger partial charge in [0.05, 0.1) is 0 Å². The van der Waals surface area contributed by atoms with Gasteiger partial charge in [-0.1, -0.05) is 31.9 Å². The van der Waals surface area contributed by atoms with E-state index in [4.69, 9.17) is 0 Å². The SMILES string of the molecule is O=C1CC(Br)CN1c1cc(F)cc(Br)c1. The van der Waals surface area contributed by atoms with Crippen LogP contribution in [0.1, 0.15) is 6.42 Å². The minimum absolute atomic E-state index is 0.0226. The van der Waals surface area contributed by atoms with E-state index in [0.29, 0.717) is 23.1 Å². The lowest BCUT2D eigenvalue weighted by Gasteiger charge is -2.16. The van der Waals surface area contributed by atoms with Gasteiger partial charge in [0.1, 0.15) is 5.82 Å². The molecule has 0 spiro atoms. The Morgan fingerprint density at radius 3 is 2.67 bits per heavy atom. The Morgan fingerprint density at radius 1 is 1.40 bits per heavy atom. The highest BCUT2D eigenvalue weighted by Gasteiger charge is 2.29. The molecule has 1 atom stereocenters. The number of anilines is 1. The molecule has 1 aromatic carbocycles. The van der Waals surface area contributed by atoms with Crippen molar-refractivity contribution in [3.63, 3.8) is 0 Å². The Morgan fingerprint density at radius 2 is 2.13 bits per heavy atom. The van der Waals surface area contributed by atoms with Crippen molar-refractivity contribution in [2.75, 3.05) is 11.4 Å². The maximum absolute atomic E-state index is 13.1. The summed E-state index contributed by atoms with van der Waals surface area (Å²) in [5, 5.41) is 0. The quantitative estimate of drug-likeness (QED) is 0.722. The van der Waals surface area contributed by atoms with E-state index in [1.807, 2.05) is 0 Å². The molecule has 0 N–H and O–H groups in total. The molecule has 0 bridgehead atoms. The zero-order chi connectivity index (χ0) is 11.0. The number of carbonyl (C=O) groups is 1. The van der Waals surface area contributed by atoms with Gasteiger partial charge >= 0.3 is 0 Å². The fraction of sp³-hybridized carbons (Fsp3) is 0.300. The number of hydrogen-bond donors (Lipinski definition) is 0. The van der Waals surface area contributed by atoms with E-state index < -0.39 is 0 Å². The Balaban J connectivity index is 2.33. The van der Waals surface area contributed by atoms with Gasteiger partial charge in [0.15, 0.2) is 0 Å². The maximum atomic E-state index is 13.1. The summed E-state index contributed by atoms with van der Waals surface area (Å²) in [4.78, 5) is 13.3. The van der Waals surface area contributed by atoms with Gasteiger partial charge in [0.2, 0.25) is 5.91 Å². The monoisotopic (exact) mass is 335 g/mol. The molecule has 2 rings (SSSR count). The van der Waals surface area contributed by atoms with Gasteiger partial charge in [-0.15, -0.1) is 0 Å². The van der Waals surface area contributed by atoms with Crippen molar-refractivity contribution in [2.24, 2.45) is 0 Å². The summed E-state index contributed by atoms with van der Waals surface area (Å²) in [6.45, 7) is 0.592. The molecule has 1 aliphatic heterocycles. The van der Waals surface area contributed by atoms with Crippen molar-refractivity contribution in [3.05, 3.63) is 28.5 Å². The van der Waals surface area contributed by atoms with E-state index in [2.05, 4.69) is 31.9 Å². The highest BCUT2D eigenvalue weighted by atomic mass is 79.9. The fourth-order valence-corrected chi connectivity index (χ4v) is 2.63. The summed E-state index contributed by atoms with van der Waals surface area (Å²) in [7, 11) is 0. The lowest BCUT2D eigenvalue weighted by molar-refractivity contribution is -0.117. The molecule has 1 amide bonds. The van der Waals surface area contributed by atoms with Crippen LogP contribution in [0.3, 0.4) is 0 Å². The fourth-order valence-electron chi connectivity index (χ4n) is 1.61. The third kappa shape index (κ3) is 2.39. The Kier molecular flexibility index (Phi) is 3.11. The second kappa shape index (κ2) is 4.22. The van der Waals surface area contributed by atoms with Crippen LogP contribution >= 0.6 is 31.9 Å². The summed E-state index contributed by atoms with van der Waals surface area (Å²) in [6, 6.07) is 4.48. The van der Waals surface area contributed by atoms with Crippen molar-refractivity contribution < 1.29 is 9.18 Å². The average molecular weight is 337 g/mol. The van der Waals surface area contributed by atoms with E-state index in [0.717, 1.165) is 0 Å². The molecule has 0 radical (unpaired) electrons. The first-order chi connectivity index (χ1) is 7.06. The predicted molar refractivity (Wildman–Crippen MR) is 63.8 cm³/mol. The number of rotatable bonds is 1. The molecule has 1 unspecified atom stereocenters. The highest BCUT2D eigenvalue weighted by molar-refractivity contribution is 9.10. The van der Waals surface area contributed by atoms with E-state index in [1.165, 1.54) is 12.1 Å². The van der Waals surface area contributed by atoms with Gasteiger partial charge in [-0.05, 0) is 18.2 Å². The summed E-state index contributed by atoms with van der Waals surface area (Å²) < 4.78 is 13.8. The molecule has 1 aromatic rings. The smallest absolute Gasteiger partial charge is 0.228 e. The van der Waals surface area contributed by atoms with Crippen LogP contribution in [-0.4, -0.2) is 17.3 Å². The molecular weight excluding hydrogens is 329 g/mol. The molecule has 0 saturated carbocycles. The number of halogens is 3. The van der Waals surface area contributed by atoms with Crippen LogP contribution < -0.4 is 4.90 Å². The molecule has 2 nitrogen and oxygen atoms in total. The van der Waals surface area contributed by atoms with Crippen LogP contribution in [-0.2, 0) is 4.79 Å². The van der Waals surface area contributed by atoms with Crippen LogP contribution in [0.2, 0.25) is 0 Å². The first-order valence-electron chi connectivity index (χ1n) is 4.47. The van der Waals surface area contributed by atoms with E-state index in [1.54, 1.807) is 11.0 Å². The van der Waals surface area contributed by atoms with E-state index in [9.17, 15) is 9.18 Å². The Labute approximate surface area is 104 Å². The number of benzene rings is 1. The molecule has 1 heterocycles. The van der Waals surface area contributed by atoms with Crippen molar-refractivity contribution in [1.82, 2.24) is 0 Å². The third-order valence-electron chi connectivity index (χ3n) is 2.24. The zero-order valence-electron chi connectivity index (χ0n) is 7.71. The second-order valence-corrected chi connectivity index (χ2v) is 5.64. The molecule has 5 heteroatoms. The lowest BCUT2D eigenvalue weighted by atomic mass is 10.3. The van der Waals surface area contributed by atoms with Gasteiger partial charge in [-0.2, -0.15) is 0 Å². The number of carbonyl (C=O) groups excluding carboxylic acids is 1. The summed E-state index contributed by atoms with van der Waals surface area (Å²) in [5.41, 5.74) is 0.605. The van der Waals surface area contributed by atoms with Crippen LogP contribution in [0.5, 0.6) is 0 Å². The van der Waals surface area contributed by atoms with Crippen molar-refractivity contribution in [1.29, 1.82) is 0 Å². The minimum Gasteiger partial charge on any atom is -0.311 e. The standard InChI is InChI=1S/C10H8Br2FNO/c11-6-1-8(13)4-9(2-6)14-5-7(12)3-10(14)15/h1-2,4,7H,3,5H2. The van der Waals surface area contributed by atoms with E-state index in [-0.39, 0.29) is 16.6 Å². The molecule has 1 fully saturated rings. The highest BCUT2D eigenvalue weighted by Crippen LogP contribution is 2.28. The zero-order valence-corrected chi connectivity index (χ0v) is 10.9. The first-order valence-corrected chi connectivity index (χ1v) is 6.17. The van der Waals surface area contributed by atoms with Crippen LogP contribution in [0.25, 0.3) is 0 Å². The van der Waals surface area contributed by atoms with Gasteiger partial charge in [-0.25, -0.2) is 4.39 Å². The largest absolute Gasteiger partial charge is 0.311 e. The van der Waals surface area contributed by atoms with Crippen LogP contribution in [0, 0.1) is 5.82 Å². The normalized spacial score (nSPS) is 21.1. The van der Waals surface area contributed by atoms with Gasteiger partial charge in [0.25, 0.3) is 0 Å². The maximum Gasteiger partial charge on any atom is 0.228 e. The van der Waals surface area contributed by atoms with Gasteiger partial charge in [0, 0.05) is 28.0 Å². The third-order valence-corrected chi connectivity index (χ3v) is 3.31. The van der Waals surface area contributed by atoms with Crippen molar-refractivity contribution in [2.45, 2.75) is 11.2 Å². The Bertz CT molecular complexity index is 390. The summed E-state index contributed by atoms with van der Waals surface area (Å²) in [6.07, 6.45) is 0.466. The topological polar surface area (TPSA) is 20.3 Å². The number of alkyl halides is 1. The van der Waals surface area contributed by atoms with Crippen LogP contribution in [0.4, 0.5) is 10.1 Å². The molecular formula is C10H8Br2FNO. The van der Waals surface area contributed by atoms with Crippen molar-refractivity contribution in [3.8, 4) is 0 Å². The molecule has 1 saturated heterocycles. The summed E-state index contributed by atoms with van der Waals surface area (Å²) >= 11 is 6.59. The second-order valence-electron chi connectivity index (χ2n) is 3.43. The first kappa shape index (κ1) is 11.1. The Hall–Kier alpha value is -0.420. The van der Waals surface area contributed by atoms with Crippen LogP contribution in [0.15, 0.2) is 22.7 Å². The number of amides is 1. The number of hydrogen-bond acceptors (Lipinski definition) is 1. The molecule has 1 aliphatic rings. The number of nitrogens with zero attached hydrogens (tertiary/aromatic N) is 1. The van der Waals surface area contributed by atoms with E-state index >= 15 is 0 Å². The molecule has 0 aliphatic carbocycles. The average Bonchev–Trinajstić information content (AvgIpc) is 2.43. The predicted octanol–water partition coefficient (Wildman–Crippen LogP) is 3.09. The summed E-state index contributed by atoms with van der Waals surface area (Å²) in [5.74, 6) is -0.320. The van der Waals surface area contributed by atoms with Gasteiger partial charge in [-0.3, -0.25) is 4.79 Å². The van der Waals surface area contributed by atoms with Crippen molar-refractivity contribution >= 4 is 43.5 Å². The molecule has 80 valence electrons. The molecule has 0 aromatic heterocycles. The van der Waals surface area contributed by atoms with Gasteiger partial charge < -0.3 is 4.90 Å².